The van der Waals surface area contributed by atoms with Crippen molar-refractivity contribution in [3.05, 3.63) is 36.3 Å². The molecule has 22 heavy (non-hydrogen) atoms. The van der Waals surface area contributed by atoms with Gasteiger partial charge in [-0.25, -0.2) is 0 Å². The summed E-state index contributed by atoms with van der Waals surface area (Å²) in [7, 11) is 0. The average molecular weight is 301 g/mol. The SMILES string of the molecule is CC(O)C1CCCCN1C(=O)c1cc(-c2cccnc2)on1. The zero-order valence-corrected chi connectivity index (χ0v) is 12.5. The third kappa shape index (κ3) is 2.87. The minimum absolute atomic E-state index is 0.153. The van der Waals surface area contributed by atoms with Crippen LogP contribution in [0.2, 0.25) is 0 Å². The fourth-order valence-corrected chi connectivity index (χ4v) is 2.88. The van der Waals surface area contributed by atoms with Gasteiger partial charge in [0.15, 0.2) is 11.5 Å². The van der Waals surface area contributed by atoms with Crippen LogP contribution >= 0.6 is 0 Å². The van der Waals surface area contributed by atoms with Crippen LogP contribution in [-0.4, -0.2) is 44.7 Å². The van der Waals surface area contributed by atoms with Crippen LogP contribution < -0.4 is 0 Å². The highest BCUT2D eigenvalue weighted by atomic mass is 16.5. The zero-order valence-electron chi connectivity index (χ0n) is 12.5. The minimum atomic E-state index is -0.547. The van der Waals surface area contributed by atoms with Crippen molar-refractivity contribution in [3.63, 3.8) is 0 Å². The van der Waals surface area contributed by atoms with Crippen molar-refractivity contribution in [2.75, 3.05) is 6.54 Å². The molecular weight excluding hydrogens is 282 g/mol. The highest BCUT2D eigenvalue weighted by Gasteiger charge is 2.32. The van der Waals surface area contributed by atoms with Crippen LogP contribution in [0.4, 0.5) is 0 Å². The van der Waals surface area contributed by atoms with E-state index >= 15 is 0 Å². The maximum atomic E-state index is 12.6. The fourth-order valence-electron chi connectivity index (χ4n) is 2.88. The van der Waals surface area contributed by atoms with Gasteiger partial charge in [0.05, 0.1) is 12.1 Å². The van der Waals surface area contributed by atoms with Gasteiger partial charge < -0.3 is 14.5 Å². The number of aromatic nitrogens is 2. The Morgan fingerprint density at radius 1 is 1.50 bits per heavy atom. The summed E-state index contributed by atoms with van der Waals surface area (Å²) in [6.07, 6.45) is 5.58. The number of carbonyl (C=O) groups is 1. The van der Waals surface area contributed by atoms with Crippen LogP contribution in [0.15, 0.2) is 35.1 Å². The number of piperidine rings is 1. The summed E-state index contributed by atoms with van der Waals surface area (Å²) in [5.41, 5.74) is 1.05. The molecular formula is C16H19N3O3. The van der Waals surface area contributed by atoms with E-state index in [0.29, 0.717) is 12.3 Å². The number of aliphatic hydroxyl groups is 1. The highest BCUT2D eigenvalue weighted by molar-refractivity contribution is 5.93. The molecule has 1 amide bonds. The van der Waals surface area contributed by atoms with Crippen molar-refractivity contribution in [2.24, 2.45) is 0 Å². The maximum Gasteiger partial charge on any atom is 0.276 e. The van der Waals surface area contributed by atoms with E-state index < -0.39 is 6.10 Å². The molecule has 0 bridgehead atoms. The van der Waals surface area contributed by atoms with Crippen molar-refractivity contribution in [1.82, 2.24) is 15.0 Å². The Balaban J connectivity index is 1.82. The van der Waals surface area contributed by atoms with Gasteiger partial charge in [-0.15, -0.1) is 0 Å². The van der Waals surface area contributed by atoms with E-state index in [1.807, 2.05) is 6.07 Å². The van der Waals surface area contributed by atoms with E-state index in [9.17, 15) is 9.90 Å². The molecule has 0 spiro atoms. The fraction of sp³-hybridized carbons (Fsp3) is 0.438. The summed E-state index contributed by atoms with van der Waals surface area (Å²) in [5, 5.41) is 13.8. The Labute approximate surface area is 128 Å². The highest BCUT2D eigenvalue weighted by Crippen LogP contribution is 2.24. The maximum absolute atomic E-state index is 12.6. The van der Waals surface area contributed by atoms with Crippen molar-refractivity contribution in [1.29, 1.82) is 0 Å². The van der Waals surface area contributed by atoms with Crippen LogP contribution in [0, 0.1) is 0 Å². The Morgan fingerprint density at radius 2 is 2.36 bits per heavy atom. The second kappa shape index (κ2) is 6.27. The molecule has 0 saturated carbocycles. The number of hydrogen-bond acceptors (Lipinski definition) is 5. The van der Waals surface area contributed by atoms with E-state index in [-0.39, 0.29) is 17.6 Å². The summed E-state index contributed by atoms with van der Waals surface area (Å²) in [6.45, 7) is 2.36. The lowest BCUT2D eigenvalue weighted by Crippen LogP contribution is -2.49. The molecule has 2 aromatic rings. The predicted octanol–water partition coefficient (Wildman–Crippen LogP) is 2.11. The monoisotopic (exact) mass is 301 g/mol. The zero-order chi connectivity index (χ0) is 15.5. The smallest absolute Gasteiger partial charge is 0.276 e. The van der Waals surface area contributed by atoms with Gasteiger partial charge >= 0.3 is 0 Å². The van der Waals surface area contributed by atoms with E-state index in [1.54, 1.807) is 36.4 Å². The molecule has 0 aliphatic carbocycles. The first kappa shape index (κ1) is 14.7. The predicted molar refractivity (Wildman–Crippen MR) is 80.1 cm³/mol. The quantitative estimate of drug-likeness (QED) is 0.939. The molecule has 2 aromatic heterocycles. The van der Waals surface area contributed by atoms with Gasteiger partial charge in [0.2, 0.25) is 0 Å². The Hall–Kier alpha value is -2.21. The lowest BCUT2D eigenvalue weighted by atomic mass is 9.97. The van der Waals surface area contributed by atoms with Crippen LogP contribution in [0.1, 0.15) is 36.7 Å². The summed E-state index contributed by atoms with van der Waals surface area (Å²) >= 11 is 0. The van der Waals surface area contributed by atoms with Crippen LogP contribution in [0.5, 0.6) is 0 Å². The number of hydrogen-bond donors (Lipinski definition) is 1. The van der Waals surface area contributed by atoms with Gasteiger partial charge in [-0.2, -0.15) is 0 Å². The minimum Gasteiger partial charge on any atom is -0.391 e. The average Bonchev–Trinajstić information content (AvgIpc) is 3.05. The third-order valence-electron chi connectivity index (χ3n) is 4.04. The molecule has 1 saturated heterocycles. The largest absolute Gasteiger partial charge is 0.391 e. The topological polar surface area (TPSA) is 79.5 Å². The number of pyridine rings is 1. The first-order valence-electron chi connectivity index (χ1n) is 7.53. The molecule has 2 unspecified atom stereocenters. The first-order chi connectivity index (χ1) is 10.7. The summed E-state index contributed by atoms with van der Waals surface area (Å²) in [6, 6.07) is 5.13. The van der Waals surface area contributed by atoms with Crippen molar-refractivity contribution in [2.45, 2.75) is 38.3 Å². The van der Waals surface area contributed by atoms with Gasteiger partial charge in [-0.3, -0.25) is 9.78 Å². The molecule has 3 rings (SSSR count). The number of carbonyl (C=O) groups excluding carboxylic acids is 1. The summed E-state index contributed by atoms with van der Waals surface area (Å²) < 4.78 is 5.26. The van der Waals surface area contributed by atoms with Gasteiger partial charge in [-0.05, 0) is 38.3 Å². The third-order valence-corrected chi connectivity index (χ3v) is 4.04. The van der Waals surface area contributed by atoms with E-state index in [1.165, 1.54) is 0 Å². The molecule has 0 radical (unpaired) electrons. The Morgan fingerprint density at radius 3 is 3.09 bits per heavy atom. The van der Waals surface area contributed by atoms with Gasteiger partial charge in [0.1, 0.15) is 0 Å². The van der Waals surface area contributed by atoms with E-state index in [2.05, 4.69) is 10.1 Å². The van der Waals surface area contributed by atoms with Crippen LogP contribution in [0.25, 0.3) is 11.3 Å². The second-order valence-electron chi connectivity index (χ2n) is 5.62. The van der Waals surface area contributed by atoms with Crippen LogP contribution in [-0.2, 0) is 0 Å². The summed E-state index contributed by atoms with van der Waals surface area (Å²) in [4.78, 5) is 18.4. The van der Waals surface area contributed by atoms with E-state index in [4.69, 9.17) is 4.52 Å². The first-order valence-corrected chi connectivity index (χ1v) is 7.53. The molecule has 2 atom stereocenters. The number of amides is 1. The number of aliphatic hydroxyl groups excluding tert-OH is 1. The Kier molecular flexibility index (Phi) is 4.20. The summed E-state index contributed by atoms with van der Waals surface area (Å²) in [5.74, 6) is 0.326. The molecule has 1 aliphatic heterocycles. The van der Waals surface area contributed by atoms with Gasteiger partial charge in [-0.1, -0.05) is 5.16 Å². The molecule has 1 N–H and O–H groups in total. The molecule has 116 valence electrons. The Bertz CT molecular complexity index is 639. The second-order valence-corrected chi connectivity index (χ2v) is 5.62. The van der Waals surface area contributed by atoms with Crippen molar-refractivity contribution >= 4 is 5.91 Å². The number of likely N-dealkylation sites (tertiary alicyclic amines) is 1. The number of nitrogens with zero attached hydrogens (tertiary/aromatic N) is 3. The molecule has 6 heteroatoms. The lowest BCUT2D eigenvalue weighted by Gasteiger charge is -2.36. The lowest BCUT2D eigenvalue weighted by molar-refractivity contribution is 0.0273. The van der Waals surface area contributed by atoms with Crippen molar-refractivity contribution < 1.29 is 14.4 Å². The van der Waals surface area contributed by atoms with Gasteiger partial charge in [0.25, 0.3) is 5.91 Å². The molecule has 0 aromatic carbocycles. The normalized spacial score (nSPS) is 19.9. The standard InChI is InChI=1S/C16H19N3O3/c1-11(20)14-6-2-3-8-19(14)16(21)13-9-15(22-18-13)12-5-4-7-17-10-12/h4-5,7,9-11,14,20H,2-3,6,8H2,1H3. The van der Waals surface area contributed by atoms with Gasteiger partial charge in [0, 0.05) is 30.6 Å². The molecule has 1 aliphatic rings. The number of rotatable bonds is 3. The van der Waals surface area contributed by atoms with E-state index in [0.717, 1.165) is 24.8 Å². The molecule has 1 fully saturated rings. The van der Waals surface area contributed by atoms with Crippen LogP contribution in [0.3, 0.4) is 0 Å². The molecule has 3 heterocycles. The van der Waals surface area contributed by atoms with Crippen molar-refractivity contribution in [3.8, 4) is 11.3 Å². The molecule has 6 nitrogen and oxygen atoms in total.